The van der Waals surface area contributed by atoms with Crippen LogP contribution in [0, 0.1) is 0 Å². The van der Waals surface area contributed by atoms with Crippen molar-refractivity contribution in [2.24, 2.45) is 0 Å². The van der Waals surface area contributed by atoms with Crippen molar-refractivity contribution < 1.29 is 24.2 Å². The van der Waals surface area contributed by atoms with Gasteiger partial charge in [0.25, 0.3) is 0 Å². The molecular weight excluding hydrogens is 520 g/mol. The number of hydrogen-bond acceptors (Lipinski definition) is 9. The molecule has 0 aliphatic carbocycles. The summed E-state index contributed by atoms with van der Waals surface area (Å²) in [6, 6.07) is 18.7. The SMILES string of the molecule is COC(=O)c1cccc2c1Nc1cccc3c1N2c1cc(C(=O)OC)c2nc4cccc([C@H](C)O)c4nc2c1C3C. The Morgan fingerprint density at radius 3 is 2.39 bits per heavy atom. The molecule has 1 aromatic heterocycles. The molecule has 0 bridgehead atoms. The molecule has 2 aliphatic heterocycles. The van der Waals surface area contributed by atoms with Crippen molar-refractivity contribution in [1.29, 1.82) is 0 Å². The van der Waals surface area contributed by atoms with Gasteiger partial charge >= 0.3 is 11.9 Å². The number of nitrogens with zero attached hydrogens (tertiary/aromatic N) is 3. The Labute approximate surface area is 235 Å². The van der Waals surface area contributed by atoms with Crippen LogP contribution < -0.4 is 10.2 Å². The third-order valence-electron chi connectivity index (χ3n) is 8.03. The van der Waals surface area contributed by atoms with Crippen LogP contribution in [0.5, 0.6) is 0 Å². The van der Waals surface area contributed by atoms with Gasteiger partial charge in [0.1, 0.15) is 5.52 Å². The molecule has 1 unspecified atom stereocenters. The standard InChI is InChI=1S/C32H26N4O5/c1-15-17-8-5-12-22-30(17)36(23-13-7-10-19(27(23)34-22)31(38)40-3)24-14-20(32(39)41-4)28-29(25(15)24)35-26-18(16(2)37)9-6-11-21(26)33-28/h5-16,34,37H,1-4H3/t15?,16-/m0/s1. The molecule has 5 aromatic rings. The molecule has 2 atom stereocenters. The van der Waals surface area contributed by atoms with E-state index in [1.165, 1.54) is 14.2 Å². The molecule has 204 valence electrons. The Bertz CT molecular complexity index is 1950. The summed E-state index contributed by atoms with van der Waals surface area (Å²) in [7, 11) is 2.69. The minimum absolute atomic E-state index is 0.122. The van der Waals surface area contributed by atoms with E-state index in [9.17, 15) is 14.7 Å². The quantitative estimate of drug-likeness (QED) is 0.192. The summed E-state index contributed by atoms with van der Waals surface area (Å²) >= 11 is 0. The zero-order chi connectivity index (χ0) is 28.6. The van der Waals surface area contributed by atoms with Crippen LogP contribution in [0.25, 0.3) is 22.1 Å². The Morgan fingerprint density at radius 1 is 0.902 bits per heavy atom. The smallest absolute Gasteiger partial charge is 0.340 e. The van der Waals surface area contributed by atoms with Gasteiger partial charge in [-0.2, -0.15) is 0 Å². The molecule has 2 N–H and O–H groups in total. The van der Waals surface area contributed by atoms with Crippen molar-refractivity contribution in [1.82, 2.24) is 9.97 Å². The molecule has 0 radical (unpaired) electrons. The highest BCUT2D eigenvalue weighted by Crippen LogP contribution is 2.58. The fourth-order valence-corrected chi connectivity index (χ4v) is 6.15. The predicted molar refractivity (Wildman–Crippen MR) is 156 cm³/mol. The molecule has 0 fully saturated rings. The van der Waals surface area contributed by atoms with Gasteiger partial charge in [-0.15, -0.1) is 0 Å². The average molecular weight is 547 g/mol. The monoisotopic (exact) mass is 546 g/mol. The van der Waals surface area contributed by atoms with Crippen molar-refractivity contribution in [3.63, 3.8) is 0 Å². The average Bonchev–Trinajstić information content (AvgIpc) is 2.99. The minimum atomic E-state index is -0.762. The highest BCUT2D eigenvalue weighted by atomic mass is 16.5. The topological polar surface area (TPSA) is 114 Å². The van der Waals surface area contributed by atoms with Crippen LogP contribution in [0.2, 0.25) is 0 Å². The van der Waals surface area contributed by atoms with Gasteiger partial charge in [-0.05, 0) is 42.8 Å². The Hall–Kier alpha value is -5.02. The lowest BCUT2D eigenvalue weighted by Gasteiger charge is -2.42. The number of aliphatic hydroxyl groups is 1. The van der Waals surface area contributed by atoms with Crippen LogP contribution in [0.3, 0.4) is 0 Å². The van der Waals surface area contributed by atoms with Gasteiger partial charge in [0.05, 0.1) is 76.4 Å². The highest BCUT2D eigenvalue weighted by molar-refractivity contribution is 6.12. The van der Waals surface area contributed by atoms with E-state index >= 15 is 0 Å². The lowest BCUT2D eigenvalue weighted by molar-refractivity contribution is 0.0593. The normalized spacial score (nSPS) is 15.4. The second-order valence-corrected chi connectivity index (χ2v) is 10.3. The molecule has 41 heavy (non-hydrogen) atoms. The van der Waals surface area contributed by atoms with Crippen LogP contribution in [0.4, 0.5) is 28.4 Å². The van der Waals surface area contributed by atoms with Gasteiger partial charge in [-0.25, -0.2) is 19.6 Å². The highest BCUT2D eigenvalue weighted by Gasteiger charge is 2.39. The number of carbonyl (C=O) groups excluding carboxylic acids is 2. The number of aliphatic hydroxyl groups excluding tert-OH is 1. The first kappa shape index (κ1) is 25.0. The van der Waals surface area contributed by atoms with E-state index in [2.05, 4.69) is 23.2 Å². The molecule has 0 saturated carbocycles. The van der Waals surface area contributed by atoms with E-state index in [0.29, 0.717) is 38.9 Å². The van der Waals surface area contributed by atoms with Crippen molar-refractivity contribution in [2.75, 3.05) is 24.4 Å². The fourth-order valence-electron chi connectivity index (χ4n) is 6.15. The number of aromatic nitrogens is 2. The maximum atomic E-state index is 13.2. The van der Waals surface area contributed by atoms with Crippen molar-refractivity contribution in [2.45, 2.75) is 25.9 Å². The molecular formula is C32H26N4O5. The number of hydrogen-bond donors (Lipinski definition) is 2. The summed E-state index contributed by atoms with van der Waals surface area (Å²) < 4.78 is 10.3. The molecule has 9 heteroatoms. The van der Waals surface area contributed by atoms with Gasteiger partial charge in [-0.3, -0.25) is 0 Å². The van der Waals surface area contributed by atoms with Gasteiger partial charge in [0.2, 0.25) is 0 Å². The number of fused-ring (bicyclic) bond motifs is 7. The number of methoxy groups -OCH3 is 2. The summed E-state index contributed by atoms with van der Waals surface area (Å²) in [5.74, 6) is -1.12. The summed E-state index contributed by atoms with van der Waals surface area (Å²) in [5, 5.41) is 14.0. The van der Waals surface area contributed by atoms with E-state index in [1.807, 2.05) is 42.5 Å². The molecule has 9 nitrogen and oxygen atoms in total. The van der Waals surface area contributed by atoms with E-state index in [-0.39, 0.29) is 11.5 Å². The summed E-state index contributed by atoms with van der Waals surface area (Å²) in [4.78, 5) is 38.0. The van der Waals surface area contributed by atoms with Gasteiger partial charge in [0, 0.05) is 17.0 Å². The Kier molecular flexibility index (Phi) is 5.49. The molecule has 3 heterocycles. The van der Waals surface area contributed by atoms with E-state index < -0.39 is 18.0 Å². The maximum Gasteiger partial charge on any atom is 0.340 e. The zero-order valence-corrected chi connectivity index (χ0v) is 22.9. The maximum absolute atomic E-state index is 13.2. The number of ether oxygens (including phenoxy) is 2. The third kappa shape index (κ3) is 3.45. The second kappa shape index (κ2) is 9.00. The van der Waals surface area contributed by atoms with Gasteiger partial charge in [-0.1, -0.05) is 37.3 Å². The van der Waals surface area contributed by atoms with Crippen LogP contribution in [-0.2, 0) is 9.47 Å². The second-order valence-electron chi connectivity index (χ2n) is 10.3. The molecule has 4 aromatic carbocycles. The largest absolute Gasteiger partial charge is 0.465 e. The lowest BCUT2D eigenvalue weighted by atomic mass is 9.82. The first-order valence-electron chi connectivity index (χ1n) is 13.3. The molecule has 0 saturated heterocycles. The van der Waals surface area contributed by atoms with Gasteiger partial charge in [0.15, 0.2) is 0 Å². The zero-order valence-electron chi connectivity index (χ0n) is 22.9. The molecule has 0 spiro atoms. The van der Waals surface area contributed by atoms with Gasteiger partial charge < -0.3 is 24.8 Å². The van der Waals surface area contributed by atoms with Crippen LogP contribution in [-0.4, -0.2) is 41.2 Å². The van der Waals surface area contributed by atoms with Crippen LogP contribution in [0.1, 0.15) is 63.3 Å². The van der Waals surface area contributed by atoms with Crippen molar-refractivity contribution in [3.8, 4) is 0 Å². The number of nitrogens with one attached hydrogen (secondary N) is 1. The summed E-state index contributed by atoms with van der Waals surface area (Å²) in [6.07, 6.45) is -0.762. The lowest BCUT2D eigenvalue weighted by Crippen LogP contribution is -2.27. The first-order chi connectivity index (χ1) is 19.8. The fraction of sp³-hybridized carbons (Fsp3) is 0.188. The van der Waals surface area contributed by atoms with Crippen LogP contribution in [0.15, 0.2) is 60.7 Å². The van der Waals surface area contributed by atoms with Crippen molar-refractivity contribution >= 4 is 62.4 Å². The number of benzene rings is 4. The number of para-hydroxylation sites is 3. The third-order valence-corrected chi connectivity index (χ3v) is 8.03. The number of anilines is 5. The summed E-state index contributed by atoms with van der Waals surface area (Å²) in [6.45, 7) is 3.80. The predicted octanol–water partition coefficient (Wildman–Crippen LogP) is 6.40. The Balaban J connectivity index is 1.63. The first-order valence-corrected chi connectivity index (χ1v) is 13.3. The number of rotatable bonds is 3. The van der Waals surface area contributed by atoms with E-state index in [0.717, 1.165) is 33.9 Å². The van der Waals surface area contributed by atoms with E-state index in [1.54, 1.807) is 19.1 Å². The Morgan fingerprint density at radius 2 is 1.63 bits per heavy atom. The minimum Gasteiger partial charge on any atom is -0.465 e. The molecule has 2 aliphatic rings. The molecule has 0 amide bonds. The number of carbonyl (C=O) groups is 2. The number of esters is 2. The molecule has 7 rings (SSSR count). The van der Waals surface area contributed by atoms with E-state index in [4.69, 9.17) is 19.4 Å². The van der Waals surface area contributed by atoms with Crippen molar-refractivity contribution in [3.05, 3.63) is 88.5 Å². The summed E-state index contributed by atoms with van der Waals surface area (Å²) in [5.41, 5.74) is 9.18. The van der Waals surface area contributed by atoms with Crippen LogP contribution >= 0.6 is 0 Å².